The largest absolute Gasteiger partial charge is 0.492 e. The summed E-state index contributed by atoms with van der Waals surface area (Å²) < 4.78 is 5.82. The van der Waals surface area contributed by atoms with E-state index in [0.29, 0.717) is 12.5 Å². The van der Waals surface area contributed by atoms with Gasteiger partial charge in [0.05, 0.1) is 12.5 Å². The number of rotatable bonds is 6. The number of ether oxygens (including phenoxy) is 1. The van der Waals surface area contributed by atoms with Crippen molar-refractivity contribution in [1.29, 1.82) is 5.26 Å². The van der Waals surface area contributed by atoms with Crippen LogP contribution in [0.25, 0.3) is 0 Å². The van der Waals surface area contributed by atoms with Gasteiger partial charge in [0.25, 0.3) is 0 Å². The van der Waals surface area contributed by atoms with E-state index in [9.17, 15) is 0 Å². The van der Waals surface area contributed by atoms with Gasteiger partial charge >= 0.3 is 0 Å². The molecule has 3 nitrogen and oxygen atoms in total. The van der Waals surface area contributed by atoms with Crippen molar-refractivity contribution >= 4 is 0 Å². The summed E-state index contributed by atoms with van der Waals surface area (Å²) in [6, 6.07) is 11.4. The van der Waals surface area contributed by atoms with Crippen LogP contribution < -0.4 is 4.74 Å². The predicted molar refractivity (Wildman–Crippen MR) is 80.7 cm³/mol. The van der Waals surface area contributed by atoms with E-state index in [0.717, 1.165) is 30.5 Å². The Hall–Kier alpha value is -1.53. The molecule has 0 aliphatic carbocycles. The Morgan fingerprint density at radius 2 is 2.05 bits per heavy atom. The minimum absolute atomic E-state index is 0.462. The Morgan fingerprint density at radius 3 is 2.70 bits per heavy atom. The van der Waals surface area contributed by atoms with Crippen molar-refractivity contribution in [3.8, 4) is 11.8 Å². The first kappa shape index (κ1) is 14.9. The zero-order valence-corrected chi connectivity index (χ0v) is 12.5. The number of benzene rings is 1. The van der Waals surface area contributed by atoms with Crippen LogP contribution in [-0.4, -0.2) is 30.1 Å². The summed E-state index contributed by atoms with van der Waals surface area (Å²) in [5.41, 5.74) is 1.04. The van der Waals surface area contributed by atoms with Crippen LogP contribution in [0.5, 0.6) is 5.75 Å². The molecule has 0 bridgehead atoms. The van der Waals surface area contributed by atoms with Gasteiger partial charge in [0.1, 0.15) is 12.4 Å². The lowest BCUT2D eigenvalue weighted by Crippen LogP contribution is -2.37. The Balaban J connectivity index is 1.79. The van der Waals surface area contributed by atoms with Gasteiger partial charge in [-0.25, -0.2) is 0 Å². The lowest BCUT2D eigenvalue weighted by molar-refractivity contribution is 0.159. The van der Waals surface area contributed by atoms with E-state index < -0.39 is 0 Å². The van der Waals surface area contributed by atoms with Crippen LogP contribution >= 0.6 is 0 Å². The molecule has 1 aromatic carbocycles. The van der Waals surface area contributed by atoms with Crippen LogP contribution in [0.3, 0.4) is 0 Å². The summed E-state index contributed by atoms with van der Waals surface area (Å²) in [6.07, 6.45) is 4.32. The average molecular weight is 272 g/mol. The quantitative estimate of drug-likeness (QED) is 0.796. The molecule has 0 saturated carbocycles. The van der Waals surface area contributed by atoms with E-state index in [2.05, 4.69) is 24.8 Å². The van der Waals surface area contributed by atoms with Crippen LogP contribution in [0.1, 0.15) is 38.7 Å². The first-order valence-electron chi connectivity index (χ1n) is 7.59. The van der Waals surface area contributed by atoms with Crippen molar-refractivity contribution in [3.63, 3.8) is 0 Å². The van der Waals surface area contributed by atoms with Gasteiger partial charge in [0, 0.05) is 18.6 Å². The van der Waals surface area contributed by atoms with Gasteiger partial charge in [-0.2, -0.15) is 5.26 Å². The molecular formula is C17H24N2O. The highest BCUT2D eigenvalue weighted by atomic mass is 16.5. The normalized spacial score (nSPS) is 22.6. The maximum Gasteiger partial charge on any atom is 0.119 e. The van der Waals surface area contributed by atoms with Crippen molar-refractivity contribution in [2.45, 2.75) is 51.6 Å². The minimum atomic E-state index is 0.462. The number of hydrogen-bond donors (Lipinski definition) is 0. The van der Waals surface area contributed by atoms with Crippen LogP contribution in [0.15, 0.2) is 24.3 Å². The monoisotopic (exact) mass is 272 g/mol. The molecule has 1 aliphatic heterocycles. The summed E-state index contributed by atoms with van der Waals surface area (Å²) >= 11 is 0. The Labute approximate surface area is 122 Å². The SMILES string of the molecule is CCC1CCC(C)N1CCOc1ccc(CC#N)cc1. The highest BCUT2D eigenvalue weighted by molar-refractivity contribution is 5.28. The molecule has 2 rings (SSSR count). The standard InChI is InChI=1S/C17H24N2O/c1-3-16-7-4-14(2)19(16)12-13-20-17-8-5-15(6-9-17)10-11-18/h5-6,8-9,14,16H,3-4,7,10,12-13H2,1-2H3. The summed E-state index contributed by atoms with van der Waals surface area (Å²) in [5.74, 6) is 0.895. The molecule has 1 fully saturated rings. The minimum Gasteiger partial charge on any atom is -0.492 e. The van der Waals surface area contributed by atoms with Crippen molar-refractivity contribution in [1.82, 2.24) is 4.90 Å². The fraction of sp³-hybridized carbons (Fsp3) is 0.588. The van der Waals surface area contributed by atoms with E-state index in [-0.39, 0.29) is 0 Å². The number of nitriles is 1. The molecule has 1 aliphatic rings. The third-order valence-corrected chi connectivity index (χ3v) is 4.25. The van der Waals surface area contributed by atoms with Gasteiger partial charge in [-0.3, -0.25) is 4.90 Å². The molecule has 2 unspecified atom stereocenters. The third-order valence-electron chi connectivity index (χ3n) is 4.25. The number of likely N-dealkylation sites (tertiary alicyclic amines) is 1. The summed E-state index contributed by atoms with van der Waals surface area (Å²) in [6.45, 7) is 6.31. The molecule has 0 N–H and O–H groups in total. The topological polar surface area (TPSA) is 36.3 Å². The maximum absolute atomic E-state index is 8.64. The van der Waals surface area contributed by atoms with E-state index in [1.165, 1.54) is 19.3 Å². The highest BCUT2D eigenvalue weighted by Gasteiger charge is 2.28. The molecule has 108 valence electrons. The van der Waals surface area contributed by atoms with Crippen LogP contribution in [-0.2, 0) is 6.42 Å². The Kier molecular flexibility index (Phi) is 5.43. The molecule has 1 heterocycles. The fourth-order valence-corrected chi connectivity index (χ4v) is 3.03. The molecule has 2 atom stereocenters. The Bertz CT molecular complexity index is 449. The molecule has 1 saturated heterocycles. The molecule has 0 aromatic heterocycles. The molecule has 0 spiro atoms. The van der Waals surface area contributed by atoms with Gasteiger partial charge in [-0.15, -0.1) is 0 Å². The first-order valence-corrected chi connectivity index (χ1v) is 7.59. The zero-order valence-electron chi connectivity index (χ0n) is 12.5. The molecular weight excluding hydrogens is 248 g/mol. The summed E-state index contributed by atoms with van der Waals surface area (Å²) in [4.78, 5) is 2.57. The second kappa shape index (κ2) is 7.31. The van der Waals surface area contributed by atoms with Gasteiger partial charge in [0.15, 0.2) is 0 Å². The van der Waals surface area contributed by atoms with Gasteiger partial charge < -0.3 is 4.74 Å². The maximum atomic E-state index is 8.64. The van der Waals surface area contributed by atoms with Gasteiger partial charge in [-0.1, -0.05) is 19.1 Å². The van der Waals surface area contributed by atoms with Crippen molar-refractivity contribution in [3.05, 3.63) is 29.8 Å². The second-order valence-electron chi connectivity index (χ2n) is 5.55. The van der Waals surface area contributed by atoms with Crippen molar-refractivity contribution < 1.29 is 4.74 Å². The molecule has 20 heavy (non-hydrogen) atoms. The molecule has 0 amide bonds. The fourth-order valence-electron chi connectivity index (χ4n) is 3.03. The van der Waals surface area contributed by atoms with E-state index in [1.54, 1.807) is 0 Å². The van der Waals surface area contributed by atoms with Crippen LogP contribution in [0, 0.1) is 11.3 Å². The van der Waals surface area contributed by atoms with E-state index in [1.807, 2.05) is 24.3 Å². The highest BCUT2D eigenvalue weighted by Crippen LogP contribution is 2.25. The van der Waals surface area contributed by atoms with Gasteiger partial charge in [-0.05, 0) is 43.9 Å². The smallest absolute Gasteiger partial charge is 0.119 e. The van der Waals surface area contributed by atoms with Crippen LogP contribution in [0.2, 0.25) is 0 Å². The van der Waals surface area contributed by atoms with E-state index in [4.69, 9.17) is 10.00 Å². The lowest BCUT2D eigenvalue weighted by atomic mass is 10.1. The van der Waals surface area contributed by atoms with Gasteiger partial charge in [0.2, 0.25) is 0 Å². The molecule has 0 radical (unpaired) electrons. The van der Waals surface area contributed by atoms with Crippen molar-refractivity contribution in [2.75, 3.05) is 13.2 Å². The van der Waals surface area contributed by atoms with E-state index >= 15 is 0 Å². The summed E-state index contributed by atoms with van der Waals surface area (Å²) in [5, 5.41) is 8.64. The predicted octanol–water partition coefficient (Wildman–Crippen LogP) is 3.39. The summed E-state index contributed by atoms with van der Waals surface area (Å²) in [7, 11) is 0. The average Bonchev–Trinajstić information content (AvgIpc) is 2.82. The first-order chi connectivity index (χ1) is 9.74. The lowest BCUT2D eigenvalue weighted by Gasteiger charge is -2.27. The Morgan fingerprint density at radius 1 is 1.30 bits per heavy atom. The third kappa shape index (κ3) is 3.74. The van der Waals surface area contributed by atoms with Crippen LogP contribution in [0.4, 0.5) is 0 Å². The van der Waals surface area contributed by atoms with Crippen molar-refractivity contribution in [2.24, 2.45) is 0 Å². The number of nitrogens with zero attached hydrogens (tertiary/aromatic N) is 2. The zero-order chi connectivity index (χ0) is 14.4. The molecule has 3 heteroatoms. The number of hydrogen-bond acceptors (Lipinski definition) is 3. The molecule has 1 aromatic rings. The second-order valence-corrected chi connectivity index (χ2v) is 5.55.